The molecule has 144 valence electrons. The molecule has 0 unspecified atom stereocenters. The number of nitrogens with zero attached hydrogens (tertiary/aromatic N) is 1. The number of pyridine rings is 1. The molecule has 0 spiro atoms. The van der Waals surface area contributed by atoms with Gasteiger partial charge in [0.15, 0.2) is 6.61 Å². The van der Waals surface area contributed by atoms with E-state index in [-0.39, 0.29) is 12.5 Å². The second kappa shape index (κ2) is 9.55. The predicted molar refractivity (Wildman–Crippen MR) is 108 cm³/mol. The van der Waals surface area contributed by atoms with Gasteiger partial charge < -0.3 is 14.8 Å². The quantitative estimate of drug-likeness (QED) is 0.646. The molecule has 28 heavy (non-hydrogen) atoms. The molecule has 3 aromatic rings. The van der Waals surface area contributed by atoms with Crippen LogP contribution in [0.3, 0.4) is 0 Å². The van der Waals surface area contributed by atoms with Crippen LogP contribution in [0, 0.1) is 13.8 Å². The molecule has 0 saturated heterocycles. The Morgan fingerprint density at radius 3 is 2.50 bits per heavy atom. The molecule has 0 radical (unpaired) electrons. The zero-order chi connectivity index (χ0) is 19.8. The molecule has 1 amide bonds. The SMILES string of the molecule is Cc1cc(C)cc(OCC(=O)NCc2cccc(OCc3ccccn3)c2)c1. The van der Waals surface area contributed by atoms with E-state index in [0.717, 1.165) is 28.1 Å². The van der Waals surface area contributed by atoms with Gasteiger partial charge in [0.1, 0.15) is 18.1 Å². The fourth-order valence-corrected chi connectivity index (χ4v) is 2.80. The maximum atomic E-state index is 12.1. The van der Waals surface area contributed by atoms with Crippen LogP contribution in [0.15, 0.2) is 66.9 Å². The Labute approximate surface area is 165 Å². The smallest absolute Gasteiger partial charge is 0.258 e. The molecule has 0 aliphatic rings. The first-order chi connectivity index (χ1) is 13.6. The van der Waals surface area contributed by atoms with Crippen LogP contribution >= 0.6 is 0 Å². The number of hydrogen-bond acceptors (Lipinski definition) is 4. The molecule has 5 heteroatoms. The molecule has 0 aliphatic heterocycles. The van der Waals surface area contributed by atoms with Crippen LogP contribution in [0.2, 0.25) is 0 Å². The lowest BCUT2D eigenvalue weighted by molar-refractivity contribution is -0.123. The zero-order valence-electron chi connectivity index (χ0n) is 16.1. The molecule has 0 bridgehead atoms. The van der Waals surface area contributed by atoms with E-state index in [9.17, 15) is 4.79 Å². The second-order valence-electron chi connectivity index (χ2n) is 6.65. The van der Waals surface area contributed by atoms with Crippen LogP contribution in [0.5, 0.6) is 11.5 Å². The summed E-state index contributed by atoms with van der Waals surface area (Å²) < 4.78 is 11.4. The summed E-state index contributed by atoms with van der Waals surface area (Å²) in [7, 11) is 0. The lowest BCUT2D eigenvalue weighted by Gasteiger charge is -2.10. The average Bonchev–Trinajstić information content (AvgIpc) is 2.70. The zero-order valence-corrected chi connectivity index (χ0v) is 16.1. The third kappa shape index (κ3) is 6.13. The standard InChI is InChI=1S/C23H24N2O3/c1-17-10-18(2)12-22(11-17)28-16-23(26)25-14-19-6-5-8-21(13-19)27-15-20-7-3-4-9-24-20/h3-13H,14-16H2,1-2H3,(H,25,26). The van der Waals surface area contributed by atoms with Gasteiger partial charge in [0, 0.05) is 12.7 Å². The molecular weight excluding hydrogens is 352 g/mol. The van der Waals surface area contributed by atoms with Crippen LogP contribution in [0.25, 0.3) is 0 Å². The van der Waals surface area contributed by atoms with Gasteiger partial charge in [-0.05, 0) is 66.9 Å². The Kier molecular flexibility index (Phi) is 6.63. The maximum absolute atomic E-state index is 12.1. The van der Waals surface area contributed by atoms with Gasteiger partial charge in [0.25, 0.3) is 5.91 Å². The summed E-state index contributed by atoms with van der Waals surface area (Å²) >= 11 is 0. The number of aromatic nitrogens is 1. The lowest BCUT2D eigenvalue weighted by Crippen LogP contribution is -2.28. The van der Waals surface area contributed by atoms with Gasteiger partial charge in [-0.3, -0.25) is 9.78 Å². The highest BCUT2D eigenvalue weighted by Crippen LogP contribution is 2.16. The highest BCUT2D eigenvalue weighted by molar-refractivity contribution is 5.77. The fraction of sp³-hybridized carbons (Fsp3) is 0.217. The van der Waals surface area contributed by atoms with Crippen molar-refractivity contribution in [3.05, 3.63) is 89.2 Å². The van der Waals surface area contributed by atoms with Crippen molar-refractivity contribution >= 4 is 5.91 Å². The van der Waals surface area contributed by atoms with Gasteiger partial charge in [-0.2, -0.15) is 0 Å². The van der Waals surface area contributed by atoms with Crippen molar-refractivity contribution in [3.8, 4) is 11.5 Å². The van der Waals surface area contributed by atoms with Gasteiger partial charge in [-0.15, -0.1) is 0 Å². The Morgan fingerprint density at radius 1 is 0.929 bits per heavy atom. The van der Waals surface area contributed by atoms with E-state index in [2.05, 4.69) is 16.4 Å². The first-order valence-electron chi connectivity index (χ1n) is 9.18. The summed E-state index contributed by atoms with van der Waals surface area (Å²) in [6, 6.07) is 19.3. The van der Waals surface area contributed by atoms with Crippen molar-refractivity contribution in [2.45, 2.75) is 27.0 Å². The van der Waals surface area contributed by atoms with E-state index < -0.39 is 0 Å². The van der Waals surface area contributed by atoms with Crippen molar-refractivity contribution in [3.63, 3.8) is 0 Å². The summed E-state index contributed by atoms with van der Waals surface area (Å²) in [4.78, 5) is 16.3. The van der Waals surface area contributed by atoms with Crippen LogP contribution in [-0.2, 0) is 17.9 Å². The molecule has 1 heterocycles. The maximum Gasteiger partial charge on any atom is 0.258 e. The van der Waals surface area contributed by atoms with E-state index in [1.807, 2.05) is 68.4 Å². The largest absolute Gasteiger partial charge is 0.487 e. The van der Waals surface area contributed by atoms with Crippen molar-refractivity contribution in [2.75, 3.05) is 6.61 Å². The third-order valence-corrected chi connectivity index (χ3v) is 4.07. The summed E-state index contributed by atoms with van der Waals surface area (Å²) in [5, 5.41) is 2.87. The van der Waals surface area contributed by atoms with Crippen molar-refractivity contribution in [1.82, 2.24) is 10.3 Å². The minimum atomic E-state index is -0.168. The Balaban J connectivity index is 1.46. The number of ether oxygens (including phenoxy) is 2. The number of aryl methyl sites for hydroxylation is 2. The van der Waals surface area contributed by atoms with Crippen LogP contribution in [0.1, 0.15) is 22.4 Å². The second-order valence-corrected chi connectivity index (χ2v) is 6.65. The predicted octanol–water partition coefficient (Wildman–Crippen LogP) is 3.97. The first-order valence-corrected chi connectivity index (χ1v) is 9.18. The Morgan fingerprint density at radius 2 is 1.75 bits per heavy atom. The highest BCUT2D eigenvalue weighted by Gasteiger charge is 2.05. The number of hydrogen-bond donors (Lipinski definition) is 1. The van der Waals surface area contributed by atoms with Gasteiger partial charge in [0.05, 0.1) is 5.69 Å². The topological polar surface area (TPSA) is 60.5 Å². The Hall–Kier alpha value is -3.34. The molecule has 0 atom stereocenters. The lowest BCUT2D eigenvalue weighted by atomic mass is 10.1. The number of carbonyl (C=O) groups is 1. The number of benzene rings is 2. The minimum Gasteiger partial charge on any atom is -0.487 e. The van der Waals surface area contributed by atoms with E-state index in [1.165, 1.54) is 0 Å². The molecule has 1 N–H and O–H groups in total. The van der Waals surface area contributed by atoms with E-state index in [0.29, 0.717) is 18.9 Å². The van der Waals surface area contributed by atoms with Gasteiger partial charge >= 0.3 is 0 Å². The molecule has 0 fully saturated rings. The summed E-state index contributed by atoms with van der Waals surface area (Å²) in [5.41, 5.74) is 4.04. The molecule has 1 aromatic heterocycles. The van der Waals surface area contributed by atoms with E-state index in [1.54, 1.807) is 6.20 Å². The summed E-state index contributed by atoms with van der Waals surface area (Å²) in [6.45, 7) is 4.81. The van der Waals surface area contributed by atoms with Gasteiger partial charge in [0.2, 0.25) is 0 Å². The number of rotatable bonds is 8. The van der Waals surface area contributed by atoms with Gasteiger partial charge in [-0.1, -0.05) is 24.3 Å². The van der Waals surface area contributed by atoms with E-state index >= 15 is 0 Å². The number of amides is 1. The third-order valence-electron chi connectivity index (χ3n) is 4.07. The minimum absolute atomic E-state index is 0.0151. The monoisotopic (exact) mass is 376 g/mol. The highest BCUT2D eigenvalue weighted by atomic mass is 16.5. The van der Waals surface area contributed by atoms with E-state index in [4.69, 9.17) is 9.47 Å². The first kappa shape index (κ1) is 19.4. The average molecular weight is 376 g/mol. The number of nitrogens with one attached hydrogen (secondary N) is 1. The Bertz CT molecular complexity index is 906. The molecule has 2 aromatic carbocycles. The molecule has 5 nitrogen and oxygen atoms in total. The molecule has 3 rings (SSSR count). The van der Waals surface area contributed by atoms with Crippen LogP contribution < -0.4 is 14.8 Å². The van der Waals surface area contributed by atoms with Gasteiger partial charge in [-0.25, -0.2) is 0 Å². The fourth-order valence-electron chi connectivity index (χ4n) is 2.80. The summed E-state index contributed by atoms with van der Waals surface area (Å²) in [5.74, 6) is 1.28. The summed E-state index contributed by atoms with van der Waals surface area (Å²) in [6.07, 6.45) is 1.74. The molecule has 0 saturated carbocycles. The van der Waals surface area contributed by atoms with Crippen LogP contribution in [0.4, 0.5) is 0 Å². The van der Waals surface area contributed by atoms with Crippen molar-refractivity contribution in [2.24, 2.45) is 0 Å². The molecule has 0 aliphatic carbocycles. The van der Waals surface area contributed by atoms with Crippen LogP contribution in [-0.4, -0.2) is 17.5 Å². The van der Waals surface area contributed by atoms with Crippen molar-refractivity contribution in [1.29, 1.82) is 0 Å². The number of carbonyl (C=O) groups excluding carboxylic acids is 1. The van der Waals surface area contributed by atoms with Crippen molar-refractivity contribution < 1.29 is 14.3 Å². The molecular formula is C23H24N2O3. The normalized spacial score (nSPS) is 10.4.